The van der Waals surface area contributed by atoms with Gasteiger partial charge in [-0.1, -0.05) is 30.3 Å². The minimum atomic E-state index is -0.778. The summed E-state index contributed by atoms with van der Waals surface area (Å²) in [5, 5.41) is 12.4. The molecule has 0 aliphatic carbocycles. The molecule has 0 aliphatic rings. The predicted molar refractivity (Wildman–Crippen MR) is 83.2 cm³/mol. The average Bonchev–Trinajstić information content (AvgIpc) is 2.58. The number of hydrogen-bond donors (Lipinski definition) is 2. The number of carbonyl (C=O) groups excluding carboxylic acids is 2. The maximum atomic E-state index is 11.8. The predicted octanol–water partition coefficient (Wildman–Crippen LogP) is 1.87. The molecular weight excluding hydrogens is 298 g/mol. The number of phenolic OH excluding ortho intramolecular Hbond substituents is 1. The Morgan fingerprint density at radius 2 is 1.87 bits per heavy atom. The summed E-state index contributed by atoms with van der Waals surface area (Å²) in [5.74, 6) is -1.05. The molecular formula is C17H17NO5. The number of ether oxygens (including phenoxy) is 2. The zero-order valence-electron chi connectivity index (χ0n) is 12.6. The summed E-state index contributed by atoms with van der Waals surface area (Å²) in [4.78, 5) is 23.5. The van der Waals surface area contributed by atoms with Gasteiger partial charge >= 0.3 is 5.97 Å². The molecule has 6 heteroatoms. The van der Waals surface area contributed by atoms with Gasteiger partial charge in [0.1, 0.15) is 17.1 Å². The van der Waals surface area contributed by atoms with Gasteiger partial charge in [-0.25, -0.2) is 4.79 Å². The summed E-state index contributed by atoms with van der Waals surface area (Å²) >= 11 is 0. The minimum absolute atomic E-state index is 0.0262. The molecule has 0 fully saturated rings. The number of amides is 1. The molecule has 0 aliphatic heterocycles. The normalized spacial score (nSPS) is 9.96. The van der Waals surface area contributed by atoms with E-state index in [1.807, 2.05) is 30.3 Å². The van der Waals surface area contributed by atoms with E-state index in [4.69, 9.17) is 9.47 Å². The molecule has 2 aromatic rings. The second-order valence-corrected chi connectivity index (χ2v) is 4.72. The highest BCUT2D eigenvalue weighted by Crippen LogP contribution is 2.23. The van der Waals surface area contributed by atoms with Crippen LogP contribution >= 0.6 is 0 Å². The van der Waals surface area contributed by atoms with Crippen molar-refractivity contribution in [2.24, 2.45) is 0 Å². The molecule has 0 heterocycles. The second kappa shape index (κ2) is 7.84. The van der Waals surface area contributed by atoms with Crippen molar-refractivity contribution >= 4 is 11.9 Å². The fourth-order valence-electron chi connectivity index (χ4n) is 1.87. The summed E-state index contributed by atoms with van der Waals surface area (Å²) < 4.78 is 9.81. The fraction of sp³-hybridized carbons (Fsp3) is 0.176. The number of benzene rings is 2. The first-order chi connectivity index (χ1) is 11.1. The third-order valence-electron chi connectivity index (χ3n) is 3.09. The lowest BCUT2D eigenvalue weighted by atomic mass is 10.2. The molecule has 2 rings (SSSR count). The van der Waals surface area contributed by atoms with E-state index in [0.717, 1.165) is 5.56 Å². The lowest BCUT2D eigenvalue weighted by molar-refractivity contribution is -0.124. The molecule has 120 valence electrons. The van der Waals surface area contributed by atoms with Crippen LogP contribution in [0.1, 0.15) is 15.9 Å². The summed E-state index contributed by atoms with van der Waals surface area (Å²) in [6.07, 6.45) is 0. The van der Waals surface area contributed by atoms with Crippen molar-refractivity contribution in [1.29, 1.82) is 0 Å². The first-order valence-electron chi connectivity index (χ1n) is 6.95. The number of carbonyl (C=O) groups is 2. The topological polar surface area (TPSA) is 84.9 Å². The van der Waals surface area contributed by atoms with Crippen molar-refractivity contribution in [3.8, 4) is 11.5 Å². The van der Waals surface area contributed by atoms with Crippen LogP contribution in [-0.4, -0.2) is 30.7 Å². The molecule has 1 amide bonds. The highest BCUT2D eigenvalue weighted by molar-refractivity contribution is 5.94. The largest absolute Gasteiger partial charge is 0.507 e. The summed E-state index contributed by atoms with van der Waals surface area (Å²) in [6, 6.07) is 13.6. The standard InChI is InChI=1S/C17H17NO5/c1-22-13-7-8-14(15(19)9-13)17(21)23-11-16(20)18-10-12-5-3-2-4-6-12/h2-9,19H,10-11H2,1H3,(H,18,20). The van der Waals surface area contributed by atoms with Crippen LogP contribution in [0.3, 0.4) is 0 Å². The van der Waals surface area contributed by atoms with Gasteiger partial charge in [0.15, 0.2) is 6.61 Å². The van der Waals surface area contributed by atoms with E-state index in [2.05, 4.69) is 5.32 Å². The van der Waals surface area contributed by atoms with Crippen molar-refractivity contribution in [1.82, 2.24) is 5.32 Å². The minimum Gasteiger partial charge on any atom is -0.507 e. The van der Waals surface area contributed by atoms with Crippen LogP contribution in [-0.2, 0) is 16.1 Å². The van der Waals surface area contributed by atoms with Gasteiger partial charge in [-0.2, -0.15) is 0 Å². The Bertz CT molecular complexity index is 685. The van der Waals surface area contributed by atoms with Gasteiger partial charge in [0.25, 0.3) is 5.91 Å². The van der Waals surface area contributed by atoms with Crippen LogP contribution < -0.4 is 10.1 Å². The number of phenols is 1. The van der Waals surface area contributed by atoms with Gasteiger partial charge in [-0.05, 0) is 17.7 Å². The van der Waals surface area contributed by atoms with Crippen molar-refractivity contribution in [2.45, 2.75) is 6.54 Å². The quantitative estimate of drug-likeness (QED) is 0.795. The zero-order chi connectivity index (χ0) is 16.7. The first kappa shape index (κ1) is 16.4. The number of esters is 1. The molecule has 0 bridgehead atoms. The Kier molecular flexibility index (Phi) is 5.57. The molecule has 0 atom stereocenters. The number of aromatic hydroxyl groups is 1. The maximum Gasteiger partial charge on any atom is 0.342 e. The average molecular weight is 315 g/mol. The van der Waals surface area contributed by atoms with Crippen LogP contribution in [0.5, 0.6) is 11.5 Å². The zero-order valence-corrected chi connectivity index (χ0v) is 12.6. The Morgan fingerprint density at radius 1 is 1.13 bits per heavy atom. The molecule has 6 nitrogen and oxygen atoms in total. The fourth-order valence-corrected chi connectivity index (χ4v) is 1.87. The number of methoxy groups -OCH3 is 1. The monoisotopic (exact) mass is 315 g/mol. The SMILES string of the molecule is COc1ccc(C(=O)OCC(=O)NCc2ccccc2)c(O)c1. The number of nitrogens with one attached hydrogen (secondary N) is 1. The van der Waals surface area contributed by atoms with Gasteiger partial charge in [-0.15, -0.1) is 0 Å². The van der Waals surface area contributed by atoms with E-state index in [0.29, 0.717) is 12.3 Å². The van der Waals surface area contributed by atoms with Gasteiger partial charge in [0.2, 0.25) is 0 Å². The van der Waals surface area contributed by atoms with Gasteiger partial charge < -0.3 is 19.9 Å². The highest BCUT2D eigenvalue weighted by Gasteiger charge is 2.15. The Morgan fingerprint density at radius 3 is 2.52 bits per heavy atom. The Labute approximate surface area is 133 Å². The summed E-state index contributed by atoms with van der Waals surface area (Å²) in [6.45, 7) is -0.0673. The van der Waals surface area contributed by atoms with Crippen LogP contribution in [0.4, 0.5) is 0 Å². The van der Waals surface area contributed by atoms with Gasteiger partial charge in [0, 0.05) is 12.6 Å². The van der Waals surface area contributed by atoms with E-state index < -0.39 is 18.5 Å². The third-order valence-corrected chi connectivity index (χ3v) is 3.09. The lowest BCUT2D eigenvalue weighted by Crippen LogP contribution is -2.28. The van der Waals surface area contributed by atoms with Gasteiger partial charge in [0.05, 0.1) is 7.11 Å². The summed E-state index contributed by atoms with van der Waals surface area (Å²) in [5.41, 5.74) is 0.918. The molecule has 0 unspecified atom stereocenters. The molecule has 0 aromatic heterocycles. The van der Waals surface area contributed by atoms with E-state index in [-0.39, 0.29) is 11.3 Å². The molecule has 0 spiro atoms. The highest BCUT2D eigenvalue weighted by atomic mass is 16.5. The molecule has 0 radical (unpaired) electrons. The van der Waals surface area contributed by atoms with Crippen molar-refractivity contribution in [3.05, 3.63) is 59.7 Å². The second-order valence-electron chi connectivity index (χ2n) is 4.72. The third kappa shape index (κ3) is 4.74. The maximum absolute atomic E-state index is 11.8. The van der Waals surface area contributed by atoms with Crippen LogP contribution in [0, 0.1) is 0 Å². The Balaban J connectivity index is 1.83. The first-order valence-corrected chi connectivity index (χ1v) is 6.95. The summed E-state index contributed by atoms with van der Waals surface area (Å²) in [7, 11) is 1.45. The van der Waals surface area contributed by atoms with Crippen LogP contribution in [0.2, 0.25) is 0 Å². The smallest absolute Gasteiger partial charge is 0.342 e. The molecule has 23 heavy (non-hydrogen) atoms. The molecule has 0 saturated carbocycles. The van der Waals surface area contributed by atoms with Gasteiger partial charge in [-0.3, -0.25) is 4.79 Å². The lowest BCUT2D eigenvalue weighted by Gasteiger charge is -2.08. The van der Waals surface area contributed by atoms with Crippen LogP contribution in [0.25, 0.3) is 0 Å². The molecule has 0 saturated heterocycles. The Hall–Kier alpha value is -3.02. The van der Waals surface area contributed by atoms with Crippen molar-refractivity contribution < 1.29 is 24.2 Å². The van der Waals surface area contributed by atoms with E-state index in [1.165, 1.54) is 25.3 Å². The number of hydrogen-bond acceptors (Lipinski definition) is 5. The van der Waals surface area contributed by atoms with Crippen molar-refractivity contribution in [2.75, 3.05) is 13.7 Å². The molecule has 2 N–H and O–H groups in total. The van der Waals surface area contributed by atoms with E-state index >= 15 is 0 Å². The number of rotatable bonds is 6. The van der Waals surface area contributed by atoms with E-state index in [9.17, 15) is 14.7 Å². The van der Waals surface area contributed by atoms with E-state index in [1.54, 1.807) is 0 Å². The van der Waals surface area contributed by atoms with Crippen LogP contribution in [0.15, 0.2) is 48.5 Å². The molecule has 2 aromatic carbocycles. The van der Waals surface area contributed by atoms with Crippen molar-refractivity contribution in [3.63, 3.8) is 0 Å².